The van der Waals surface area contributed by atoms with E-state index in [1.807, 2.05) is 13.8 Å². The normalized spacial score (nSPS) is 12.3. The number of nitrogens with one attached hydrogen (secondary N) is 2. The summed E-state index contributed by atoms with van der Waals surface area (Å²) in [6, 6.07) is 0. The van der Waals surface area contributed by atoms with Gasteiger partial charge >= 0.3 is 6.09 Å². The van der Waals surface area contributed by atoms with E-state index in [-0.39, 0.29) is 6.10 Å². The van der Waals surface area contributed by atoms with Gasteiger partial charge in [0, 0.05) is 26.2 Å². The Morgan fingerprint density at radius 2 is 1.84 bits per heavy atom. The molecule has 0 aliphatic rings. The second kappa shape index (κ2) is 13.5. The number of amides is 1. The SMILES string of the molecule is CCOCNCCOCCNCC(CC)OC(N)=O. The summed E-state index contributed by atoms with van der Waals surface area (Å²) in [7, 11) is 0. The molecule has 0 spiro atoms. The molecule has 0 radical (unpaired) electrons. The van der Waals surface area contributed by atoms with Crippen LogP contribution in [-0.2, 0) is 14.2 Å². The van der Waals surface area contributed by atoms with Gasteiger partial charge in [0.1, 0.15) is 6.10 Å². The molecule has 0 saturated heterocycles. The third-order valence-corrected chi connectivity index (χ3v) is 2.36. The molecule has 0 aliphatic heterocycles. The van der Waals surface area contributed by atoms with Crippen molar-refractivity contribution in [1.82, 2.24) is 10.6 Å². The van der Waals surface area contributed by atoms with Gasteiger partial charge in [0.05, 0.1) is 19.9 Å². The van der Waals surface area contributed by atoms with E-state index in [2.05, 4.69) is 10.6 Å². The molecule has 1 atom stereocenters. The quantitative estimate of drug-likeness (QED) is 0.325. The molecular formula is C12H27N3O4. The second-order valence-corrected chi connectivity index (χ2v) is 3.92. The van der Waals surface area contributed by atoms with Crippen LogP contribution in [0.3, 0.4) is 0 Å². The molecule has 0 bridgehead atoms. The van der Waals surface area contributed by atoms with Crippen LogP contribution in [0.2, 0.25) is 0 Å². The fraction of sp³-hybridized carbons (Fsp3) is 0.917. The number of nitrogens with two attached hydrogens (primary N) is 1. The molecule has 0 rings (SSSR count). The summed E-state index contributed by atoms with van der Waals surface area (Å²) < 4.78 is 15.4. The summed E-state index contributed by atoms with van der Waals surface area (Å²) in [6.45, 7) is 8.49. The van der Waals surface area contributed by atoms with Crippen LogP contribution in [-0.4, -0.2) is 58.4 Å². The lowest BCUT2D eigenvalue weighted by atomic mass is 10.3. The third kappa shape index (κ3) is 13.3. The summed E-state index contributed by atoms with van der Waals surface area (Å²) in [6.07, 6.45) is -0.173. The number of carbonyl (C=O) groups is 1. The van der Waals surface area contributed by atoms with Crippen LogP contribution in [0, 0.1) is 0 Å². The lowest BCUT2D eigenvalue weighted by Crippen LogP contribution is -2.34. The summed E-state index contributed by atoms with van der Waals surface area (Å²) in [5.41, 5.74) is 4.96. The Labute approximate surface area is 115 Å². The van der Waals surface area contributed by atoms with Gasteiger partial charge in [-0.25, -0.2) is 4.79 Å². The minimum Gasteiger partial charge on any atom is -0.445 e. The number of primary amides is 1. The van der Waals surface area contributed by atoms with Crippen molar-refractivity contribution in [2.45, 2.75) is 26.4 Å². The first-order valence-corrected chi connectivity index (χ1v) is 6.73. The summed E-state index contributed by atoms with van der Waals surface area (Å²) in [5, 5.41) is 6.24. The minimum absolute atomic E-state index is 0.176. The lowest BCUT2D eigenvalue weighted by Gasteiger charge is -2.15. The van der Waals surface area contributed by atoms with Gasteiger partial charge in [-0.3, -0.25) is 5.32 Å². The Kier molecular flexibility index (Phi) is 12.9. The highest BCUT2D eigenvalue weighted by molar-refractivity contribution is 5.64. The average Bonchev–Trinajstić information content (AvgIpc) is 2.39. The van der Waals surface area contributed by atoms with Gasteiger partial charge < -0.3 is 25.3 Å². The van der Waals surface area contributed by atoms with E-state index in [9.17, 15) is 4.79 Å². The molecule has 0 fully saturated rings. The van der Waals surface area contributed by atoms with Crippen LogP contribution < -0.4 is 16.4 Å². The molecule has 0 heterocycles. The highest BCUT2D eigenvalue weighted by atomic mass is 16.6. The van der Waals surface area contributed by atoms with Crippen molar-refractivity contribution in [3.63, 3.8) is 0 Å². The zero-order chi connectivity index (χ0) is 14.3. The lowest BCUT2D eigenvalue weighted by molar-refractivity contribution is 0.0932. The predicted octanol–water partition coefficient (Wildman–Crippen LogP) is 0.0501. The zero-order valence-corrected chi connectivity index (χ0v) is 11.9. The fourth-order valence-electron chi connectivity index (χ4n) is 1.33. The molecule has 1 unspecified atom stereocenters. The van der Waals surface area contributed by atoms with E-state index in [1.54, 1.807) is 0 Å². The van der Waals surface area contributed by atoms with Crippen molar-refractivity contribution in [2.75, 3.05) is 46.2 Å². The summed E-state index contributed by atoms with van der Waals surface area (Å²) >= 11 is 0. The molecular weight excluding hydrogens is 250 g/mol. The molecule has 4 N–H and O–H groups in total. The Balaban J connectivity index is 3.23. The van der Waals surface area contributed by atoms with Crippen molar-refractivity contribution in [3.05, 3.63) is 0 Å². The van der Waals surface area contributed by atoms with Gasteiger partial charge in [-0.1, -0.05) is 6.92 Å². The maximum absolute atomic E-state index is 10.6. The largest absolute Gasteiger partial charge is 0.445 e. The standard InChI is InChI=1S/C12H27N3O4/c1-3-11(19-12(13)16)9-14-5-7-18-8-6-15-10-17-4-2/h11,14-15H,3-10H2,1-2H3,(H2,13,16). The molecule has 0 saturated carbocycles. The Morgan fingerprint density at radius 1 is 1.16 bits per heavy atom. The molecule has 0 aromatic carbocycles. The van der Waals surface area contributed by atoms with Crippen molar-refractivity contribution >= 4 is 6.09 Å². The first kappa shape index (κ1) is 18.1. The molecule has 7 heteroatoms. The topological polar surface area (TPSA) is 94.8 Å². The van der Waals surface area contributed by atoms with Gasteiger partial charge in [-0.05, 0) is 13.3 Å². The molecule has 1 amide bonds. The molecule has 114 valence electrons. The highest BCUT2D eigenvalue weighted by Crippen LogP contribution is 1.95. The van der Waals surface area contributed by atoms with Crippen LogP contribution in [0.25, 0.3) is 0 Å². The number of hydrogen-bond donors (Lipinski definition) is 3. The van der Waals surface area contributed by atoms with E-state index in [0.717, 1.165) is 13.0 Å². The van der Waals surface area contributed by atoms with E-state index in [1.165, 1.54) is 0 Å². The Hall–Kier alpha value is -0.890. The average molecular weight is 277 g/mol. The molecule has 7 nitrogen and oxygen atoms in total. The predicted molar refractivity (Wildman–Crippen MR) is 72.9 cm³/mol. The van der Waals surface area contributed by atoms with E-state index < -0.39 is 6.09 Å². The number of ether oxygens (including phenoxy) is 3. The summed E-state index contributed by atoms with van der Waals surface area (Å²) in [4.78, 5) is 10.6. The van der Waals surface area contributed by atoms with Crippen LogP contribution >= 0.6 is 0 Å². The second-order valence-electron chi connectivity index (χ2n) is 3.92. The highest BCUT2D eigenvalue weighted by Gasteiger charge is 2.08. The maximum atomic E-state index is 10.6. The van der Waals surface area contributed by atoms with Gasteiger partial charge in [0.25, 0.3) is 0 Å². The van der Waals surface area contributed by atoms with Crippen molar-refractivity contribution in [1.29, 1.82) is 0 Å². The van der Waals surface area contributed by atoms with Gasteiger partial charge in [0.2, 0.25) is 0 Å². The van der Waals surface area contributed by atoms with E-state index in [4.69, 9.17) is 19.9 Å². The van der Waals surface area contributed by atoms with Gasteiger partial charge in [-0.2, -0.15) is 0 Å². The first-order chi connectivity index (χ1) is 9.20. The van der Waals surface area contributed by atoms with Crippen molar-refractivity contribution in [2.24, 2.45) is 5.73 Å². The fourth-order valence-corrected chi connectivity index (χ4v) is 1.33. The zero-order valence-electron chi connectivity index (χ0n) is 11.9. The number of hydrogen-bond acceptors (Lipinski definition) is 6. The Morgan fingerprint density at radius 3 is 2.42 bits per heavy atom. The Bertz CT molecular complexity index is 217. The molecule has 0 aliphatic carbocycles. The van der Waals surface area contributed by atoms with Crippen LogP contribution in [0.15, 0.2) is 0 Å². The molecule has 0 aromatic heterocycles. The van der Waals surface area contributed by atoms with Crippen LogP contribution in [0.1, 0.15) is 20.3 Å². The van der Waals surface area contributed by atoms with Gasteiger partial charge in [0.15, 0.2) is 0 Å². The van der Waals surface area contributed by atoms with Crippen molar-refractivity contribution < 1.29 is 19.0 Å². The maximum Gasteiger partial charge on any atom is 0.404 e. The van der Waals surface area contributed by atoms with E-state index >= 15 is 0 Å². The van der Waals surface area contributed by atoms with Crippen LogP contribution in [0.4, 0.5) is 4.79 Å². The smallest absolute Gasteiger partial charge is 0.404 e. The monoisotopic (exact) mass is 277 g/mol. The van der Waals surface area contributed by atoms with Crippen molar-refractivity contribution in [3.8, 4) is 0 Å². The molecule has 19 heavy (non-hydrogen) atoms. The number of rotatable bonds is 13. The molecule has 0 aromatic rings. The third-order valence-electron chi connectivity index (χ3n) is 2.36. The number of carbonyl (C=O) groups excluding carboxylic acids is 1. The summed E-state index contributed by atoms with van der Waals surface area (Å²) in [5.74, 6) is 0. The van der Waals surface area contributed by atoms with Crippen LogP contribution in [0.5, 0.6) is 0 Å². The van der Waals surface area contributed by atoms with E-state index in [0.29, 0.717) is 39.6 Å². The first-order valence-electron chi connectivity index (χ1n) is 6.73. The minimum atomic E-state index is -0.731. The van der Waals surface area contributed by atoms with Gasteiger partial charge in [-0.15, -0.1) is 0 Å².